The molecule has 112 valence electrons. The van der Waals surface area contributed by atoms with Gasteiger partial charge in [-0.3, -0.25) is 4.79 Å². The Bertz CT molecular complexity index is 505. The van der Waals surface area contributed by atoms with Gasteiger partial charge in [0.15, 0.2) is 5.78 Å². The molecular weight excluding hydrogens is 280 g/mol. The predicted molar refractivity (Wildman–Crippen MR) is 87.8 cm³/mol. The van der Waals surface area contributed by atoms with Crippen molar-refractivity contribution in [2.75, 3.05) is 6.61 Å². The van der Waals surface area contributed by atoms with E-state index >= 15 is 0 Å². The fraction of sp³-hybridized carbons (Fsp3) is 0.389. The summed E-state index contributed by atoms with van der Waals surface area (Å²) in [5.41, 5.74) is 1.22. The molecule has 0 aliphatic rings. The van der Waals surface area contributed by atoms with Crippen LogP contribution in [0.4, 0.5) is 0 Å². The summed E-state index contributed by atoms with van der Waals surface area (Å²) in [6, 6.07) is 14.1. The minimum Gasteiger partial charge on any atom is -0.377 e. The molecule has 0 saturated carbocycles. The van der Waals surface area contributed by atoms with Crippen molar-refractivity contribution in [3.63, 3.8) is 0 Å². The zero-order valence-electron chi connectivity index (χ0n) is 12.3. The molecule has 1 aromatic heterocycles. The van der Waals surface area contributed by atoms with Crippen LogP contribution in [0.3, 0.4) is 0 Å². The third kappa shape index (κ3) is 6.23. The average molecular weight is 302 g/mol. The van der Waals surface area contributed by atoms with Crippen LogP contribution in [-0.4, -0.2) is 12.4 Å². The number of hydrogen-bond donors (Lipinski definition) is 0. The molecule has 0 radical (unpaired) electrons. The SMILES string of the molecule is O=C(CCCCCCOCc1ccccc1)c1cccs1. The summed E-state index contributed by atoms with van der Waals surface area (Å²) < 4.78 is 5.64. The number of ether oxygens (including phenoxy) is 1. The summed E-state index contributed by atoms with van der Waals surface area (Å²) in [6.07, 6.45) is 4.96. The number of Topliss-reactive ketones (excluding diaryl/α,β-unsaturated/α-hetero) is 1. The summed E-state index contributed by atoms with van der Waals surface area (Å²) in [4.78, 5) is 12.7. The van der Waals surface area contributed by atoms with Crippen molar-refractivity contribution in [2.45, 2.75) is 38.7 Å². The summed E-state index contributed by atoms with van der Waals surface area (Å²) in [6.45, 7) is 1.49. The first-order valence-electron chi connectivity index (χ1n) is 7.54. The van der Waals surface area contributed by atoms with Gasteiger partial charge in [0.1, 0.15) is 0 Å². The second-order valence-corrected chi connectivity index (χ2v) is 6.05. The maximum Gasteiger partial charge on any atom is 0.172 e. The maximum atomic E-state index is 11.8. The molecule has 0 spiro atoms. The Labute approximate surface area is 130 Å². The summed E-state index contributed by atoms with van der Waals surface area (Å²) in [5, 5.41) is 1.96. The van der Waals surface area contributed by atoms with Gasteiger partial charge in [-0.25, -0.2) is 0 Å². The van der Waals surface area contributed by atoms with Crippen LogP contribution in [0.2, 0.25) is 0 Å². The van der Waals surface area contributed by atoms with E-state index in [0.29, 0.717) is 13.0 Å². The molecule has 0 saturated heterocycles. The van der Waals surface area contributed by atoms with E-state index in [4.69, 9.17) is 4.74 Å². The van der Waals surface area contributed by atoms with Crippen LogP contribution < -0.4 is 0 Å². The third-order valence-corrected chi connectivity index (χ3v) is 4.26. The van der Waals surface area contributed by atoms with Gasteiger partial charge >= 0.3 is 0 Å². The Hall–Kier alpha value is -1.45. The van der Waals surface area contributed by atoms with Crippen molar-refractivity contribution in [3.8, 4) is 0 Å². The molecular formula is C18H22O2S. The average Bonchev–Trinajstić information content (AvgIpc) is 3.05. The van der Waals surface area contributed by atoms with Crippen LogP contribution in [0.1, 0.15) is 47.3 Å². The number of carbonyl (C=O) groups is 1. The first-order valence-corrected chi connectivity index (χ1v) is 8.42. The van der Waals surface area contributed by atoms with Crippen molar-refractivity contribution in [3.05, 3.63) is 58.3 Å². The van der Waals surface area contributed by atoms with E-state index in [1.54, 1.807) is 0 Å². The van der Waals surface area contributed by atoms with E-state index in [1.165, 1.54) is 16.9 Å². The van der Waals surface area contributed by atoms with Gasteiger partial charge in [-0.2, -0.15) is 0 Å². The zero-order chi connectivity index (χ0) is 14.8. The van der Waals surface area contributed by atoms with E-state index in [0.717, 1.165) is 37.2 Å². The zero-order valence-corrected chi connectivity index (χ0v) is 13.1. The van der Waals surface area contributed by atoms with E-state index in [2.05, 4.69) is 12.1 Å². The molecule has 2 rings (SSSR count). The Morgan fingerprint density at radius 3 is 2.52 bits per heavy atom. The number of thiophene rings is 1. The molecule has 0 amide bonds. The first kappa shape index (κ1) is 15.9. The standard InChI is InChI=1S/C18H22O2S/c19-17(18-12-8-14-21-18)11-6-1-2-7-13-20-15-16-9-4-3-5-10-16/h3-5,8-10,12,14H,1-2,6-7,11,13,15H2. The van der Waals surface area contributed by atoms with Crippen LogP contribution in [0.15, 0.2) is 47.8 Å². The second kappa shape index (κ2) is 9.48. The molecule has 0 fully saturated rings. The lowest BCUT2D eigenvalue weighted by atomic mass is 10.1. The quantitative estimate of drug-likeness (QED) is 0.451. The number of unbranched alkanes of at least 4 members (excludes halogenated alkanes) is 3. The van der Waals surface area contributed by atoms with Gasteiger partial charge in [0.25, 0.3) is 0 Å². The highest BCUT2D eigenvalue weighted by molar-refractivity contribution is 7.12. The lowest BCUT2D eigenvalue weighted by molar-refractivity contribution is 0.0981. The smallest absolute Gasteiger partial charge is 0.172 e. The van der Waals surface area contributed by atoms with Gasteiger partial charge in [-0.15, -0.1) is 11.3 Å². The Morgan fingerprint density at radius 2 is 1.76 bits per heavy atom. The monoisotopic (exact) mass is 302 g/mol. The first-order chi connectivity index (χ1) is 10.4. The van der Waals surface area contributed by atoms with Gasteiger partial charge in [0.05, 0.1) is 11.5 Å². The summed E-state index contributed by atoms with van der Waals surface area (Å²) in [5.74, 6) is 0.283. The van der Waals surface area contributed by atoms with Crippen molar-refractivity contribution in [2.24, 2.45) is 0 Å². The predicted octanol–water partition coefficient (Wildman–Crippen LogP) is 5.10. The largest absolute Gasteiger partial charge is 0.377 e. The highest BCUT2D eigenvalue weighted by atomic mass is 32.1. The van der Waals surface area contributed by atoms with Crippen molar-refractivity contribution in [1.29, 1.82) is 0 Å². The number of benzene rings is 1. The minimum absolute atomic E-state index is 0.283. The molecule has 2 aromatic rings. The molecule has 1 heterocycles. The molecule has 2 nitrogen and oxygen atoms in total. The molecule has 0 unspecified atom stereocenters. The number of ketones is 1. The number of carbonyl (C=O) groups excluding carboxylic acids is 1. The number of rotatable bonds is 10. The molecule has 21 heavy (non-hydrogen) atoms. The molecule has 0 N–H and O–H groups in total. The van der Waals surface area contributed by atoms with Gasteiger partial charge in [0, 0.05) is 13.0 Å². The number of hydrogen-bond acceptors (Lipinski definition) is 3. The van der Waals surface area contributed by atoms with Gasteiger partial charge in [-0.1, -0.05) is 49.2 Å². The van der Waals surface area contributed by atoms with Crippen LogP contribution >= 0.6 is 11.3 Å². The van der Waals surface area contributed by atoms with Crippen LogP contribution in [-0.2, 0) is 11.3 Å². The highest BCUT2D eigenvalue weighted by Gasteiger charge is 2.05. The Kier molecular flexibility index (Phi) is 7.19. The summed E-state index contributed by atoms with van der Waals surface area (Å²) in [7, 11) is 0. The summed E-state index contributed by atoms with van der Waals surface area (Å²) >= 11 is 1.53. The Morgan fingerprint density at radius 1 is 0.952 bits per heavy atom. The fourth-order valence-electron chi connectivity index (χ4n) is 2.17. The lowest BCUT2D eigenvalue weighted by Gasteiger charge is -2.04. The van der Waals surface area contributed by atoms with E-state index in [1.807, 2.05) is 35.7 Å². The maximum absolute atomic E-state index is 11.8. The molecule has 0 aliphatic carbocycles. The minimum atomic E-state index is 0.283. The molecule has 0 bridgehead atoms. The van der Waals surface area contributed by atoms with Crippen LogP contribution in [0, 0.1) is 0 Å². The van der Waals surface area contributed by atoms with Gasteiger partial charge < -0.3 is 4.74 Å². The lowest BCUT2D eigenvalue weighted by Crippen LogP contribution is -1.97. The second-order valence-electron chi connectivity index (χ2n) is 5.10. The fourth-order valence-corrected chi connectivity index (χ4v) is 2.86. The molecule has 0 atom stereocenters. The van der Waals surface area contributed by atoms with E-state index < -0.39 is 0 Å². The van der Waals surface area contributed by atoms with Crippen molar-refractivity contribution < 1.29 is 9.53 Å². The molecule has 0 aliphatic heterocycles. The third-order valence-electron chi connectivity index (χ3n) is 3.35. The normalized spacial score (nSPS) is 10.7. The van der Waals surface area contributed by atoms with E-state index in [-0.39, 0.29) is 5.78 Å². The Balaban J connectivity index is 1.44. The van der Waals surface area contributed by atoms with Crippen LogP contribution in [0.5, 0.6) is 0 Å². The van der Waals surface area contributed by atoms with Crippen molar-refractivity contribution in [1.82, 2.24) is 0 Å². The highest BCUT2D eigenvalue weighted by Crippen LogP contribution is 2.14. The van der Waals surface area contributed by atoms with Crippen molar-refractivity contribution >= 4 is 17.1 Å². The van der Waals surface area contributed by atoms with Gasteiger partial charge in [-0.05, 0) is 29.9 Å². The van der Waals surface area contributed by atoms with Gasteiger partial charge in [0.2, 0.25) is 0 Å². The topological polar surface area (TPSA) is 26.3 Å². The van der Waals surface area contributed by atoms with Crippen LogP contribution in [0.25, 0.3) is 0 Å². The molecule has 3 heteroatoms. The van der Waals surface area contributed by atoms with E-state index in [9.17, 15) is 4.79 Å². The molecule has 1 aromatic carbocycles.